The summed E-state index contributed by atoms with van der Waals surface area (Å²) in [7, 11) is 0. The van der Waals surface area contributed by atoms with E-state index in [0.717, 1.165) is 25.6 Å². The fraction of sp³-hybridized carbons (Fsp3) is 0.684. The number of nitrogens with one attached hydrogen (secondary N) is 1. The SMILES string of the molecule is CCNCC(CCCC1CCCO1)Cc1cccc(C)c1. The molecular weight excluding hydrogens is 258 g/mol. The first-order valence-electron chi connectivity index (χ1n) is 8.65. The van der Waals surface area contributed by atoms with Gasteiger partial charge >= 0.3 is 0 Å². The second-order valence-corrected chi connectivity index (χ2v) is 6.43. The Morgan fingerprint density at radius 3 is 3.00 bits per heavy atom. The van der Waals surface area contributed by atoms with E-state index in [1.54, 1.807) is 0 Å². The molecule has 2 atom stereocenters. The summed E-state index contributed by atoms with van der Waals surface area (Å²) in [5.74, 6) is 0.744. The van der Waals surface area contributed by atoms with Gasteiger partial charge in [-0.3, -0.25) is 0 Å². The highest BCUT2D eigenvalue weighted by Crippen LogP contribution is 2.21. The third-order valence-corrected chi connectivity index (χ3v) is 4.45. The molecular formula is C19H31NO. The first kappa shape index (κ1) is 16.5. The third-order valence-electron chi connectivity index (χ3n) is 4.45. The molecule has 1 aliphatic rings. The first-order chi connectivity index (χ1) is 10.3. The van der Waals surface area contributed by atoms with Gasteiger partial charge in [0.25, 0.3) is 0 Å². The van der Waals surface area contributed by atoms with Crippen molar-refractivity contribution < 1.29 is 4.74 Å². The molecule has 1 N–H and O–H groups in total. The molecule has 1 aromatic rings. The number of aryl methyl sites for hydroxylation is 1. The molecule has 0 aliphatic carbocycles. The summed E-state index contributed by atoms with van der Waals surface area (Å²) in [5, 5.41) is 3.53. The van der Waals surface area contributed by atoms with Gasteiger partial charge in [-0.15, -0.1) is 0 Å². The van der Waals surface area contributed by atoms with Crippen LogP contribution in [0.4, 0.5) is 0 Å². The number of hydrogen-bond acceptors (Lipinski definition) is 2. The van der Waals surface area contributed by atoms with E-state index >= 15 is 0 Å². The molecule has 2 unspecified atom stereocenters. The van der Waals surface area contributed by atoms with Crippen LogP contribution in [-0.4, -0.2) is 25.8 Å². The van der Waals surface area contributed by atoms with Crippen LogP contribution in [-0.2, 0) is 11.2 Å². The Morgan fingerprint density at radius 1 is 1.38 bits per heavy atom. The van der Waals surface area contributed by atoms with Crippen LogP contribution < -0.4 is 5.32 Å². The van der Waals surface area contributed by atoms with Crippen molar-refractivity contribution in [3.63, 3.8) is 0 Å². The van der Waals surface area contributed by atoms with Crippen LogP contribution in [0, 0.1) is 12.8 Å². The standard InChI is InChI=1S/C19H31NO/c1-3-20-15-18(9-5-10-19-11-6-12-21-19)14-17-8-4-7-16(2)13-17/h4,7-8,13,18-20H,3,5-6,9-12,14-15H2,1-2H3. The maximum atomic E-state index is 5.73. The minimum atomic E-state index is 0.545. The van der Waals surface area contributed by atoms with Gasteiger partial charge in [0.1, 0.15) is 0 Å². The highest BCUT2D eigenvalue weighted by molar-refractivity contribution is 5.22. The molecule has 2 heteroatoms. The van der Waals surface area contributed by atoms with Gasteiger partial charge in [0.2, 0.25) is 0 Å². The van der Waals surface area contributed by atoms with Crippen LogP contribution in [0.2, 0.25) is 0 Å². The monoisotopic (exact) mass is 289 g/mol. The molecule has 0 amide bonds. The maximum absolute atomic E-state index is 5.73. The van der Waals surface area contributed by atoms with Gasteiger partial charge in [-0.25, -0.2) is 0 Å². The Morgan fingerprint density at radius 2 is 2.29 bits per heavy atom. The van der Waals surface area contributed by atoms with Crippen molar-refractivity contribution in [2.75, 3.05) is 19.7 Å². The van der Waals surface area contributed by atoms with Crippen LogP contribution in [0.3, 0.4) is 0 Å². The zero-order valence-electron chi connectivity index (χ0n) is 13.7. The lowest BCUT2D eigenvalue weighted by molar-refractivity contribution is 0.101. The van der Waals surface area contributed by atoms with Crippen LogP contribution >= 0.6 is 0 Å². The van der Waals surface area contributed by atoms with Crippen LogP contribution in [0.25, 0.3) is 0 Å². The van der Waals surface area contributed by atoms with Gasteiger partial charge in [0, 0.05) is 6.61 Å². The second-order valence-electron chi connectivity index (χ2n) is 6.43. The number of ether oxygens (including phenoxy) is 1. The lowest BCUT2D eigenvalue weighted by Crippen LogP contribution is -2.24. The minimum Gasteiger partial charge on any atom is -0.378 e. The quantitative estimate of drug-likeness (QED) is 0.738. The molecule has 0 saturated carbocycles. The summed E-state index contributed by atoms with van der Waals surface area (Å²) in [4.78, 5) is 0. The smallest absolute Gasteiger partial charge is 0.0576 e. The van der Waals surface area contributed by atoms with E-state index in [1.165, 1.54) is 49.7 Å². The molecule has 21 heavy (non-hydrogen) atoms. The molecule has 0 spiro atoms. The van der Waals surface area contributed by atoms with Crippen molar-refractivity contribution in [1.29, 1.82) is 0 Å². The predicted octanol–water partition coefficient (Wildman–Crippen LogP) is 4.11. The fourth-order valence-electron chi connectivity index (χ4n) is 3.30. The van der Waals surface area contributed by atoms with E-state index < -0.39 is 0 Å². The molecule has 2 nitrogen and oxygen atoms in total. The molecule has 0 bridgehead atoms. The zero-order chi connectivity index (χ0) is 14.9. The van der Waals surface area contributed by atoms with Gasteiger partial charge in [0.15, 0.2) is 0 Å². The fourth-order valence-corrected chi connectivity index (χ4v) is 3.30. The summed E-state index contributed by atoms with van der Waals surface area (Å²) in [6, 6.07) is 8.96. The highest BCUT2D eigenvalue weighted by Gasteiger charge is 2.16. The Balaban J connectivity index is 1.78. The molecule has 1 heterocycles. The van der Waals surface area contributed by atoms with Gasteiger partial charge in [-0.2, -0.15) is 0 Å². The van der Waals surface area contributed by atoms with E-state index in [-0.39, 0.29) is 0 Å². The number of rotatable bonds is 9. The van der Waals surface area contributed by atoms with Crippen molar-refractivity contribution in [2.45, 2.75) is 58.5 Å². The van der Waals surface area contributed by atoms with Crippen LogP contribution in [0.5, 0.6) is 0 Å². The van der Waals surface area contributed by atoms with Gasteiger partial charge < -0.3 is 10.1 Å². The van der Waals surface area contributed by atoms with E-state index in [1.807, 2.05) is 0 Å². The Kier molecular flexibility index (Phi) is 7.25. The summed E-state index contributed by atoms with van der Waals surface area (Å²) in [6.07, 6.45) is 8.12. The average Bonchev–Trinajstić information content (AvgIpc) is 2.98. The number of benzene rings is 1. The largest absolute Gasteiger partial charge is 0.378 e. The molecule has 118 valence electrons. The van der Waals surface area contributed by atoms with E-state index in [4.69, 9.17) is 4.74 Å². The average molecular weight is 289 g/mol. The van der Waals surface area contributed by atoms with E-state index in [0.29, 0.717) is 6.10 Å². The normalized spacial score (nSPS) is 19.8. The minimum absolute atomic E-state index is 0.545. The first-order valence-corrected chi connectivity index (χ1v) is 8.65. The van der Waals surface area contributed by atoms with E-state index in [2.05, 4.69) is 43.4 Å². The maximum Gasteiger partial charge on any atom is 0.0576 e. The van der Waals surface area contributed by atoms with Crippen molar-refractivity contribution in [3.8, 4) is 0 Å². The predicted molar refractivity (Wildman–Crippen MR) is 89.7 cm³/mol. The third kappa shape index (κ3) is 6.19. The second kappa shape index (κ2) is 9.22. The van der Waals surface area contributed by atoms with Gasteiger partial charge in [0.05, 0.1) is 6.10 Å². The van der Waals surface area contributed by atoms with Gasteiger partial charge in [-0.1, -0.05) is 43.2 Å². The molecule has 1 fully saturated rings. The molecule has 1 saturated heterocycles. The van der Waals surface area contributed by atoms with Crippen molar-refractivity contribution in [3.05, 3.63) is 35.4 Å². The molecule has 1 aromatic carbocycles. The topological polar surface area (TPSA) is 21.3 Å². The van der Waals surface area contributed by atoms with Crippen molar-refractivity contribution in [1.82, 2.24) is 5.32 Å². The molecule has 0 aromatic heterocycles. The zero-order valence-corrected chi connectivity index (χ0v) is 13.7. The van der Waals surface area contributed by atoms with Crippen molar-refractivity contribution >= 4 is 0 Å². The Bertz CT molecular complexity index is 398. The van der Waals surface area contributed by atoms with Crippen LogP contribution in [0.1, 0.15) is 50.2 Å². The summed E-state index contributed by atoms with van der Waals surface area (Å²) < 4.78 is 5.73. The highest BCUT2D eigenvalue weighted by atomic mass is 16.5. The summed E-state index contributed by atoms with van der Waals surface area (Å²) >= 11 is 0. The van der Waals surface area contributed by atoms with Crippen molar-refractivity contribution in [2.24, 2.45) is 5.92 Å². The summed E-state index contributed by atoms with van der Waals surface area (Å²) in [6.45, 7) is 7.55. The number of hydrogen-bond donors (Lipinski definition) is 1. The molecule has 2 rings (SSSR count). The van der Waals surface area contributed by atoms with E-state index in [9.17, 15) is 0 Å². The molecule has 1 aliphatic heterocycles. The lowest BCUT2D eigenvalue weighted by Gasteiger charge is -2.19. The lowest BCUT2D eigenvalue weighted by atomic mass is 9.92. The van der Waals surface area contributed by atoms with Gasteiger partial charge in [-0.05, 0) is 63.6 Å². The van der Waals surface area contributed by atoms with Crippen LogP contribution in [0.15, 0.2) is 24.3 Å². The Labute approximate surface area is 130 Å². The summed E-state index contributed by atoms with van der Waals surface area (Å²) in [5.41, 5.74) is 2.85. The Hall–Kier alpha value is -0.860. The molecule has 0 radical (unpaired) electrons.